The average molecular weight is 271 g/mol. The first-order valence-corrected chi connectivity index (χ1v) is 5.56. The molecule has 1 fully saturated rings. The van der Waals surface area contributed by atoms with Gasteiger partial charge < -0.3 is 24.8 Å². The zero-order chi connectivity index (χ0) is 14.0. The van der Waals surface area contributed by atoms with E-state index in [0.717, 1.165) is 0 Å². The minimum Gasteiger partial charge on any atom is -0.462 e. The molecule has 0 aliphatic carbocycles. The van der Waals surface area contributed by atoms with Crippen molar-refractivity contribution in [3.63, 3.8) is 0 Å². The van der Waals surface area contributed by atoms with Crippen LogP contribution in [0.2, 0.25) is 0 Å². The van der Waals surface area contributed by atoms with Crippen molar-refractivity contribution in [3.8, 4) is 5.75 Å². The average Bonchev–Trinajstić information content (AvgIpc) is 2.40. The lowest BCUT2D eigenvalue weighted by atomic mass is 10.1. The molecule has 0 spiro atoms. The highest BCUT2D eigenvalue weighted by Crippen LogP contribution is 2.22. The molecule has 3 N–H and O–H groups in total. The minimum atomic E-state index is -1.40. The maximum atomic E-state index is 10.5. The summed E-state index contributed by atoms with van der Waals surface area (Å²) in [5.74, 6) is 0.248. The summed E-state index contributed by atoms with van der Waals surface area (Å²) in [5, 5.41) is 38.8. The molecule has 1 aromatic carbocycles. The Morgan fingerprint density at radius 1 is 1.21 bits per heavy atom. The van der Waals surface area contributed by atoms with Gasteiger partial charge in [0.2, 0.25) is 6.29 Å². The van der Waals surface area contributed by atoms with Gasteiger partial charge >= 0.3 is 0 Å². The molecule has 2 rings (SSSR count). The predicted octanol–water partition coefficient (Wildman–Crippen LogP) is -0.587. The van der Waals surface area contributed by atoms with Crippen LogP contribution in [-0.2, 0) is 4.74 Å². The van der Waals surface area contributed by atoms with Gasteiger partial charge in [0.1, 0.15) is 24.1 Å². The van der Waals surface area contributed by atoms with E-state index in [4.69, 9.17) is 9.47 Å². The van der Waals surface area contributed by atoms with Gasteiger partial charge in [0.15, 0.2) is 0 Å². The van der Waals surface area contributed by atoms with E-state index in [1.807, 2.05) is 0 Å². The Kier molecular flexibility index (Phi) is 3.96. The fourth-order valence-electron chi connectivity index (χ4n) is 1.66. The van der Waals surface area contributed by atoms with Crippen LogP contribution in [0.5, 0.6) is 5.75 Å². The lowest BCUT2D eigenvalue weighted by Crippen LogP contribution is -2.54. The van der Waals surface area contributed by atoms with Crippen LogP contribution in [0.25, 0.3) is 0 Å². The zero-order valence-corrected chi connectivity index (χ0v) is 9.75. The van der Waals surface area contributed by atoms with Crippen LogP contribution in [0.15, 0.2) is 24.3 Å². The molecule has 1 aliphatic heterocycles. The molecule has 0 radical (unpaired) electrons. The normalized spacial score (nSPS) is 30.9. The van der Waals surface area contributed by atoms with E-state index < -0.39 is 29.5 Å². The van der Waals surface area contributed by atoms with E-state index in [0.29, 0.717) is 0 Å². The quantitative estimate of drug-likeness (QED) is 0.496. The Balaban J connectivity index is 2.03. The molecular formula is C11H13NO7. The molecule has 1 saturated heterocycles. The van der Waals surface area contributed by atoms with Crippen LogP contribution < -0.4 is 4.74 Å². The lowest BCUT2D eigenvalue weighted by Gasteiger charge is -2.34. The largest absolute Gasteiger partial charge is 0.462 e. The molecule has 4 atom stereocenters. The summed E-state index contributed by atoms with van der Waals surface area (Å²) in [4.78, 5) is 9.93. The molecule has 19 heavy (non-hydrogen) atoms. The van der Waals surface area contributed by atoms with Gasteiger partial charge in [-0.2, -0.15) is 0 Å². The molecule has 0 bridgehead atoms. The lowest BCUT2D eigenvalue weighted by molar-refractivity contribution is -0.384. The topological polar surface area (TPSA) is 122 Å². The van der Waals surface area contributed by atoms with Gasteiger partial charge in [-0.3, -0.25) is 10.1 Å². The number of aliphatic hydroxyl groups excluding tert-OH is 3. The molecule has 8 heteroatoms. The van der Waals surface area contributed by atoms with Gasteiger partial charge in [-0.1, -0.05) is 0 Å². The van der Waals surface area contributed by atoms with Crippen molar-refractivity contribution in [3.05, 3.63) is 34.4 Å². The number of hydrogen-bond acceptors (Lipinski definition) is 7. The molecule has 8 nitrogen and oxygen atoms in total. The van der Waals surface area contributed by atoms with Gasteiger partial charge in [0.05, 0.1) is 11.5 Å². The number of nitro groups is 1. The highest BCUT2D eigenvalue weighted by Gasteiger charge is 2.38. The maximum Gasteiger partial charge on any atom is 0.269 e. The Bertz CT molecular complexity index is 449. The summed E-state index contributed by atoms with van der Waals surface area (Å²) in [5.41, 5.74) is -0.0899. The summed E-state index contributed by atoms with van der Waals surface area (Å²) < 4.78 is 10.3. The first-order valence-electron chi connectivity index (χ1n) is 5.56. The SMILES string of the molecule is O=[N+]([O-])c1ccc(O[C@@H]2OC[C@H](O)[C@H](O)[C@H]2O)cc1. The Hall–Kier alpha value is -1.74. The minimum absolute atomic E-state index is 0.0899. The van der Waals surface area contributed by atoms with Crippen LogP contribution in [-0.4, -0.2) is 51.5 Å². The number of ether oxygens (including phenoxy) is 2. The van der Waals surface area contributed by atoms with Crippen molar-refractivity contribution in [1.29, 1.82) is 0 Å². The fourth-order valence-corrected chi connectivity index (χ4v) is 1.66. The van der Waals surface area contributed by atoms with E-state index >= 15 is 0 Å². The Labute approximate surface area is 108 Å². The molecular weight excluding hydrogens is 258 g/mol. The number of non-ortho nitro benzene ring substituents is 1. The molecule has 0 saturated carbocycles. The van der Waals surface area contributed by atoms with E-state index in [1.165, 1.54) is 24.3 Å². The summed E-state index contributed by atoms with van der Waals surface area (Å²) in [7, 11) is 0. The van der Waals surface area contributed by atoms with Crippen molar-refractivity contribution >= 4 is 5.69 Å². The molecule has 0 amide bonds. The Morgan fingerprint density at radius 3 is 2.42 bits per heavy atom. The second-order valence-corrected chi connectivity index (χ2v) is 4.12. The third-order valence-corrected chi connectivity index (χ3v) is 2.75. The van der Waals surface area contributed by atoms with Crippen LogP contribution >= 0.6 is 0 Å². The molecule has 1 heterocycles. The number of rotatable bonds is 3. The summed E-state index contributed by atoms with van der Waals surface area (Å²) in [6.45, 7) is -0.171. The van der Waals surface area contributed by atoms with E-state index in [9.17, 15) is 25.4 Å². The standard InChI is InChI=1S/C11H13NO7/c13-8-5-18-11(10(15)9(8)14)19-7-3-1-6(2-4-7)12(16)17/h1-4,8-11,13-15H,5H2/t8-,9-,10+,11-/m0/s1. The molecule has 1 aromatic rings. The second kappa shape index (κ2) is 5.49. The fraction of sp³-hybridized carbons (Fsp3) is 0.455. The van der Waals surface area contributed by atoms with Crippen molar-refractivity contribution in [1.82, 2.24) is 0 Å². The third kappa shape index (κ3) is 2.99. The maximum absolute atomic E-state index is 10.5. The number of nitrogens with zero attached hydrogens (tertiary/aromatic N) is 1. The highest BCUT2D eigenvalue weighted by molar-refractivity contribution is 5.36. The van der Waals surface area contributed by atoms with Gasteiger partial charge in [0, 0.05) is 12.1 Å². The number of nitro benzene ring substituents is 1. The summed E-state index contributed by atoms with van der Waals surface area (Å²) in [6.07, 6.45) is -5.08. The first kappa shape index (κ1) is 13.7. The van der Waals surface area contributed by atoms with Crippen molar-refractivity contribution in [2.24, 2.45) is 0 Å². The van der Waals surface area contributed by atoms with Gasteiger partial charge in [-0.05, 0) is 12.1 Å². The van der Waals surface area contributed by atoms with Gasteiger partial charge in [-0.25, -0.2) is 0 Å². The highest BCUT2D eigenvalue weighted by atomic mass is 16.7. The van der Waals surface area contributed by atoms with Crippen molar-refractivity contribution in [2.75, 3.05) is 6.61 Å². The van der Waals surface area contributed by atoms with E-state index in [2.05, 4.69) is 0 Å². The van der Waals surface area contributed by atoms with Crippen molar-refractivity contribution < 1.29 is 29.7 Å². The third-order valence-electron chi connectivity index (χ3n) is 2.75. The number of benzene rings is 1. The summed E-state index contributed by atoms with van der Waals surface area (Å²) in [6, 6.07) is 5.20. The molecule has 0 aromatic heterocycles. The van der Waals surface area contributed by atoms with Gasteiger partial charge in [0.25, 0.3) is 5.69 Å². The van der Waals surface area contributed by atoms with Gasteiger partial charge in [-0.15, -0.1) is 0 Å². The monoisotopic (exact) mass is 271 g/mol. The van der Waals surface area contributed by atoms with Crippen LogP contribution in [0.4, 0.5) is 5.69 Å². The predicted molar refractivity (Wildman–Crippen MR) is 61.5 cm³/mol. The second-order valence-electron chi connectivity index (χ2n) is 4.12. The first-order chi connectivity index (χ1) is 8.99. The number of aliphatic hydroxyl groups is 3. The van der Waals surface area contributed by atoms with Crippen LogP contribution in [0.3, 0.4) is 0 Å². The smallest absolute Gasteiger partial charge is 0.269 e. The van der Waals surface area contributed by atoms with Crippen molar-refractivity contribution in [2.45, 2.75) is 24.6 Å². The number of hydrogen-bond donors (Lipinski definition) is 3. The molecule has 1 aliphatic rings. The molecule has 0 unspecified atom stereocenters. The Morgan fingerprint density at radius 2 is 1.84 bits per heavy atom. The summed E-state index contributed by atoms with van der Waals surface area (Å²) >= 11 is 0. The van der Waals surface area contributed by atoms with Crippen LogP contribution in [0.1, 0.15) is 0 Å². The zero-order valence-electron chi connectivity index (χ0n) is 9.75. The van der Waals surface area contributed by atoms with Crippen LogP contribution in [0, 0.1) is 10.1 Å². The van der Waals surface area contributed by atoms with E-state index in [-0.39, 0.29) is 18.0 Å². The van der Waals surface area contributed by atoms with E-state index in [1.54, 1.807) is 0 Å². The molecule has 104 valence electrons.